The number of amides is 1. The Hall–Kier alpha value is -3.52. The molecule has 182 valence electrons. The van der Waals surface area contributed by atoms with Gasteiger partial charge in [0.2, 0.25) is 5.78 Å². The van der Waals surface area contributed by atoms with Crippen LogP contribution in [-0.4, -0.2) is 53.6 Å². The fraction of sp³-hybridized carbons (Fsp3) is 0.333. The van der Waals surface area contributed by atoms with Crippen LogP contribution < -0.4 is 4.90 Å². The van der Waals surface area contributed by atoms with Crippen molar-refractivity contribution in [1.82, 2.24) is 4.98 Å². The number of hydrogen-bond donors (Lipinski definition) is 1. The SMILES string of the molecule is O=C(C[N+]12CCC(CC1)[C@@H](OC(=O)N(Cc1ccc(F)cc1)c1ccccc1F)C2)c1ccc[nH]1. The number of nitrogens with one attached hydrogen (secondary N) is 1. The van der Waals surface area contributed by atoms with Crippen LogP contribution in [0.3, 0.4) is 0 Å². The average Bonchev–Trinajstić information content (AvgIpc) is 3.40. The summed E-state index contributed by atoms with van der Waals surface area (Å²) in [7, 11) is 0. The van der Waals surface area contributed by atoms with Crippen molar-refractivity contribution in [2.75, 3.05) is 31.1 Å². The number of halogens is 2. The van der Waals surface area contributed by atoms with Crippen LogP contribution in [0.4, 0.5) is 19.3 Å². The smallest absolute Gasteiger partial charge is 0.415 e. The molecule has 1 atom stereocenters. The van der Waals surface area contributed by atoms with Crippen molar-refractivity contribution in [3.63, 3.8) is 0 Å². The highest BCUT2D eigenvalue weighted by molar-refractivity contribution is 5.95. The molecule has 35 heavy (non-hydrogen) atoms. The van der Waals surface area contributed by atoms with Gasteiger partial charge in [-0.3, -0.25) is 9.69 Å². The first kappa shape index (κ1) is 23.2. The number of aromatic amines is 1. The molecule has 0 saturated carbocycles. The van der Waals surface area contributed by atoms with Crippen LogP contribution in [0, 0.1) is 17.6 Å². The van der Waals surface area contributed by atoms with E-state index in [0.29, 0.717) is 28.8 Å². The number of H-pyrrole nitrogens is 1. The second-order valence-corrected chi connectivity index (χ2v) is 9.56. The molecule has 4 heterocycles. The van der Waals surface area contributed by atoms with Crippen LogP contribution >= 0.6 is 0 Å². The fourth-order valence-electron chi connectivity index (χ4n) is 5.35. The van der Waals surface area contributed by atoms with E-state index in [-0.39, 0.29) is 35.9 Å². The number of quaternary nitrogens is 1. The molecule has 1 N–H and O–H groups in total. The number of benzene rings is 2. The number of nitrogens with zero attached hydrogens (tertiary/aromatic N) is 2. The van der Waals surface area contributed by atoms with E-state index in [2.05, 4.69) is 4.98 Å². The van der Waals surface area contributed by atoms with Gasteiger partial charge in [0.25, 0.3) is 0 Å². The molecule has 6 nitrogen and oxygen atoms in total. The Morgan fingerprint density at radius 2 is 1.74 bits per heavy atom. The monoisotopic (exact) mass is 480 g/mol. The largest absolute Gasteiger partial charge is 0.440 e. The van der Waals surface area contributed by atoms with Gasteiger partial charge in [0.05, 0.1) is 31.0 Å². The minimum Gasteiger partial charge on any atom is -0.440 e. The Balaban J connectivity index is 1.34. The van der Waals surface area contributed by atoms with Gasteiger partial charge in [-0.05, 0) is 42.0 Å². The van der Waals surface area contributed by atoms with Crippen LogP contribution in [-0.2, 0) is 11.3 Å². The van der Waals surface area contributed by atoms with Gasteiger partial charge in [0.15, 0.2) is 6.10 Å². The molecule has 2 bridgehead atoms. The van der Waals surface area contributed by atoms with Gasteiger partial charge >= 0.3 is 6.09 Å². The second-order valence-electron chi connectivity index (χ2n) is 9.56. The highest BCUT2D eigenvalue weighted by Crippen LogP contribution is 2.36. The lowest BCUT2D eigenvalue weighted by atomic mass is 9.83. The van der Waals surface area contributed by atoms with Crippen molar-refractivity contribution < 1.29 is 27.6 Å². The molecule has 1 aromatic heterocycles. The predicted molar refractivity (Wildman–Crippen MR) is 127 cm³/mol. The third kappa shape index (κ3) is 4.98. The maximum atomic E-state index is 14.7. The van der Waals surface area contributed by atoms with Gasteiger partial charge in [-0.15, -0.1) is 0 Å². The van der Waals surface area contributed by atoms with Crippen LogP contribution in [0.5, 0.6) is 0 Å². The summed E-state index contributed by atoms with van der Waals surface area (Å²) < 4.78 is 34.7. The van der Waals surface area contributed by atoms with Crippen LogP contribution in [0.2, 0.25) is 0 Å². The van der Waals surface area contributed by atoms with Gasteiger partial charge < -0.3 is 14.2 Å². The molecule has 6 rings (SSSR count). The van der Waals surface area contributed by atoms with Gasteiger partial charge in [-0.1, -0.05) is 24.3 Å². The van der Waals surface area contributed by atoms with Gasteiger partial charge in [-0.25, -0.2) is 13.6 Å². The van der Waals surface area contributed by atoms with Crippen LogP contribution in [0.1, 0.15) is 28.9 Å². The summed E-state index contributed by atoms with van der Waals surface area (Å²) in [5.41, 5.74) is 1.35. The van der Waals surface area contributed by atoms with Crippen molar-refractivity contribution in [1.29, 1.82) is 0 Å². The normalized spacial score (nSPS) is 23.1. The lowest BCUT2D eigenvalue weighted by Crippen LogP contribution is -2.66. The molecule has 0 aliphatic carbocycles. The Kier molecular flexibility index (Phi) is 6.38. The summed E-state index contributed by atoms with van der Waals surface area (Å²) in [5, 5.41) is 0. The zero-order valence-corrected chi connectivity index (χ0v) is 19.3. The van der Waals surface area contributed by atoms with Crippen LogP contribution in [0.15, 0.2) is 66.9 Å². The van der Waals surface area contributed by atoms with E-state index in [0.717, 1.165) is 25.9 Å². The number of aromatic nitrogens is 1. The first-order valence-corrected chi connectivity index (χ1v) is 11.9. The highest BCUT2D eigenvalue weighted by Gasteiger charge is 2.49. The molecule has 1 amide bonds. The maximum absolute atomic E-state index is 14.7. The molecule has 3 saturated heterocycles. The number of carbonyl (C=O) groups excluding carboxylic acids is 2. The lowest BCUT2D eigenvalue weighted by molar-refractivity contribution is -0.938. The number of piperidine rings is 3. The summed E-state index contributed by atoms with van der Waals surface area (Å²) in [6, 6.07) is 15.4. The van der Waals surface area contributed by atoms with Gasteiger partial charge in [0.1, 0.15) is 24.7 Å². The number of Topliss-reactive ketones (excluding diaryl/α,β-unsaturated/α-hetero) is 1. The molecule has 3 aliphatic rings. The second kappa shape index (κ2) is 9.62. The Morgan fingerprint density at radius 3 is 2.43 bits per heavy atom. The molecule has 2 aromatic carbocycles. The molecule has 0 radical (unpaired) electrons. The standard InChI is InChI=1S/C27H27F2N3O3/c28-21-9-7-19(8-10-21)16-31(24-6-2-1-4-22(24)29)27(34)35-26-18-32(14-11-20(26)12-15-32)17-25(33)23-5-3-13-30-23/h1-10,13,20,26H,11-12,14-18H2/p+1/t20?,26-,32?/m0/s1. The van der Waals surface area contributed by atoms with Crippen molar-refractivity contribution >= 4 is 17.6 Å². The number of fused-ring (bicyclic) bond motifs is 3. The molecule has 3 aromatic rings. The number of carbonyl (C=O) groups is 2. The quantitative estimate of drug-likeness (QED) is 0.385. The Labute approximate surface area is 202 Å². The van der Waals surface area contributed by atoms with Crippen molar-refractivity contribution in [3.8, 4) is 0 Å². The molecule has 0 unspecified atom stereocenters. The third-order valence-electron chi connectivity index (χ3n) is 7.29. The summed E-state index contributed by atoms with van der Waals surface area (Å²) >= 11 is 0. The summed E-state index contributed by atoms with van der Waals surface area (Å²) in [6.45, 7) is 2.71. The molecular formula is C27H28F2N3O3+. The Bertz CT molecular complexity index is 1190. The summed E-state index contributed by atoms with van der Waals surface area (Å²) in [6.07, 6.45) is 2.47. The van der Waals surface area contributed by atoms with Gasteiger partial charge in [0, 0.05) is 25.0 Å². The van der Waals surface area contributed by atoms with Crippen molar-refractivity contribution in [2.24, 2.45) is 5.92 Å². The number of rotatable bonds is 7. The highest BCUT2D eigenvalue weighted by atomic mass is 19.1. The summed E-state index contributed by atoms with van der Waals surface area (Å²) in [5.74, 6) is -0.665. The molecule has 3 fully saturated rings. The number of hydrogen-bond acceptors (Lipinski definition) is 3. The topological polar surface area (TPSA) is 62.4 Å². The molecule has 0 spiro atoms. The zero-order valence-electron chi connectivity index (χ0n) is 19.3. The average molecular weight is 481 g/mol. The first-order chi connectivity index (χ1) is 16.9. The predicted octanol–water partition coefficient (Wildman–Crippen LogP) is 4.93. The molecule has 8 heteroatoms. The van der Waals surface area contributed by atoms with Crippen molar-refractivity contribution in [2.45, 2.75) is 25.5 Å². The molecular weight excluding hydrogens is 452 g/mol. The number of ketones is 1. The van der Waals surface area contributed by atoms with E-state index >= 15 is 0 Å². The zero-order chi connectivity index (χ0) is 24.4. The maximum Gasteiger partial charge on any atom is 0.415 e. The number of para-hydroxylation sites is 1. The van der Waals surface area contributed by atoms with E-state index in [1.807, 2.05) is 0 Å². The van der Waals surface area contributed by atoms with Gasteiger partial charge in [-0.2, -0.15) is 0 Å². The van der Waals surface area contributed by atoms with Crippen molar-refractivity contribution in [3.05, 3.63) is 89.8 Å². The molecule has 3 aliphatic heterocycles. The lowest BCUT2D eigenvalue weighted by Gasteiger charge is -2.51. The Morgan fingerprint density at radius 1 is 1.00 bits per heavy atom. The van der Waals surface area contributed by atoms with E-state index in [4.69, 9.17) is 4.74 Å². The summed E-state index contributed by atoms with van der Waals surface area (Å²) in [4.78, 5) is 30.5. The number of anilines is 1. The fourth-order valence-corrected chi connectivity index (χ4v) is 5.35. The van der Waals surface area contributed by atoms with E-state index < -0.39 is 11.9 Å². The first-order valence-electron chi connectivity index (χ1n) is 11.9. The minimum atomic E-state index is -0.646. The van der Waals surface area contributed by atoms with E-state index in [9.17, 15) is 18.4 Å². The minimum absolute atomic E-state index is 0.0444. The van der Waals surface area contributed by atoms with E-state index in [1.165, 1.54) is 29.2 Å². The third-order valence-corrected chi connectivity index (χ3v) is 7.29. The van der Waals surface area contributed by atoms with E-state index in [1.54, 1.807) is 42.6 Å². The van der Waals surface area contributed by atoms with Crippen LogP contribution in [0.25, 0.3) is 0 Å². The number of ether oxygens (including phenoxy) is 1.